The van der Waals surface area contributed by atoms with Gasteiger partial charge in [0, 0.05) is 0 Å². The summed E-state index contributed by atoms with van der Waals surface area (Å²) in [5, 5.41) is 8.12. The van der Waals surface area contributed by atoms with E-state index in [9.17, 15) is 4.79 Å². The third kappa shape index (κ3) is 2.69. The minimum absolute atomic E-state index is 0.178. The van der Waals surface area contributed by atoms with Gasteiger partial charge in [-0.15, -0.1) is 5.10 Å². The van der Waals surface area contributed by atoms with Crippen LogP contribution in [0.4, 0.5) is 0 Å². The Morgan fingerprint density at radius 2 is 1.46 bits per heavy atom. The topological polar surface area (TPSA) is 65.6 Å². The third-order valence-corrected chi connectivity index (χ3v) is 3.86. The van der Waals surface area contributed by atoms with Crippen molar-refractivity contribution in [3.63, 3.8) is 0 Å². The summed E-state index contributed by atoms with van der Waals surface area (Å²) in [5.41, 5.74) is 2.75. The van der Waals surface area contributed by atoms with Crippen LogP contribution in [0.3, 0.4) is 0 Å². The van der Waals surface area contributed by atoms with Crippen LogP contribution >= 0.6 is 0 Å². The molecule has 0 amide bonds. The van der Waals surface area contributed by atoms with Gasteiger partial charge < -0.3 is 0 Å². The van der Waals surface area contributed by atoms with Crippen molar-refractivity contribution in [1.82, 2.24) is 24.5 Å². The van der Waals surface area contributed by atoms with E-state index in [2.05, 4.69) is 15.3 Å². The van der Waals surface area contributed by atoms with Gasteiger partial charge in [-0.2, -0.15) is 0 Å². The maximum Gasteiger partial charge on any atom is 0.283 e. The van der Waals surface area contributed by atoms with Crippen LogP contribution in [0.15, 0.2) is 71.8 Å². The fraction of sp³-hybridized carbons (Fsp3) is 0.111. The maximum absolute atomic E-state index is 12.6. The summed E-state index contributed by atoms with van der Waals surface area (Å²) in [6, 6.07) is 19.7. The van der Waals surface area contributed by atoms with Crippen LogP contribution in [-0.2, 0) is 13.1 Å². The van der Waals surface area contributed by atoms with E-state index in [1.807, 2.05) is 60.7 Å². The SMILES string of the molecule is O=c1c2nnn(Cc3ccccc3)c2ncn1Cc1ccccc1. The van der Waals surface area contributed by atoms with Gasteiger partial charge in [-0.05, 0) is 11.1 Å². The predicted octanol–water partition coefficient (Wildman–Crippen LogP) is 2.08. The van der Waals surface area contributed by atoms with Crippen LogP contribution in [0.5, 0.6) is 0 Å². The second-order valence-corrected chi connectivity index (χ2v) is 5.57. The highest BCUT2D eigenvalue weighted by Crippen LogP contribution is 2.08. The second-order valence-electron chi connectivity index (χ2n) is 5.57. The molecule has 24 heavy (non-hydrogen) atoms. The summed E-state index contributed by atoms with van der Waals surface area (Å²) < 4.78 is 3.21. The zero-order valence-corrected chi connectivity index (χ0v) is 12.9. The normalized spacial score (nSPS) is 11.0. The first-order valence-corrected chi connectivity index (χ1v) is 7.68. The zero-order valence-electron chi connectivity index (χ0n) is 12.9. The van der Waals surface area contributed by atoms with Gasteiger partial charge in [-0.3, -0.25) is 9.36 Å². The Hall–Kier alpha value is -3.28. The summed E-state index contributed by atoms with van der Waals surface area (Å²) in [7, 11) is 0. The molecule has 0 N–H and O–H groups in total. The molecule has 2 aromatic heterocycles. The van der Waals surface area contributed by atoms with E-state index in [4.69, 9.17) is 0 Å². The Labute approximate surface area is 138 Å². The molecule has 0 aliphatic heterocycles. The summed E-state index contributed by atoms with van der Waals surface area (Å²) in [5.74, 6) is 0. The van der Waals surface area contributed by atoms with Gasteiger partial charge in [0.15, 0.2) is 11.2 Å². The Bertz CT molecular complexity index is 1020. The largest absolute Gasteiger partial charge is 0.293 e. The smallest absolute Gasteiger partial charge is 0.283 e. The van der Waals surface area contributed by atoms with Gasteiger partial charge in [0.05, 0.1) is 13.1 Å². The van der Waals surface area contributed by atoms with Crippen molar-refractivity contribution >= 4 is 11.2 Å². The van der Waals surface area contributed by atoms with Crippen LogP contribution < -0.4 is 5.56 Å². The molecule has 0 atom stereocenters. The molecule has 6 heteroatoms. The molecule has 0 saturated carbocycles. The number of aromatic nitrogens is 5. The van der Waals surface area contributed by atoms with Gasteiger partial charge >= 0.3 is 0 Å². The van der Waals surface area contributed by atoms with E-state index in [1.165, 1.54) is 0 Å². The van der Waals surface area contributed by atoms with Crippen molar-refractivity contribution in [3.8, 4) is 0 Å². The Kier molecular flexibility index (Phi) is 3.63. The molecule has 6 nitrogen and oxygen atoms in total. The average Bonchev–Trinajstić information content (AvgIpc) is 3.03. The number of benzene rings is 2. The molecule has 0 fully saturated rings. The molecule has 0 unspecified atom stereocenters. The predicted molar refractivity (Wildman–Crippen MR) is 90.7 cm³/mol. The monoisotopic (exact) mass is 317 g/mol. The molecule has 4 aromatic rings. The number of fused-ring (bicyclic) bond motifs is 1. The van der Waals surface area contributed by atoms with Crippen LogP contribution in [0.25, 0.3) is 11.2 Å². The molecule has 0 spiro atoms. The number of nitrogens with zero attached hydrogens (tertiary/aromatic N) is 5. The van der Waals surface area contributed by atoms with Gasteiger partial charge in [-0.25, -0.2) is 9.67 Å². The van der Waals surface area contributed by atoms with Gasteiger partial charge in [0.2, 0.25) is 0 Å². The summed E-state index contributed by atoms with van der Waals surface area (Å²) >= 11 is 0. The van der Waals surface area contributed by atoms with E-state index < -0.39 is 0 Å². The highest BCUT2D eigenvalue weighted by Gasteiger charge is 2.12. The number of hydrogen-bond acceptors (Lipinski definition) is 4. The lowest BCUT2D eigenvalue weighted by atomic mass is 10.2. The highest BCUT2D eigenvalue weighted by molar-refractivity contribution is 5.67. The minimum atomic E-state index is -0.178. The molecule has 2 aromatic carbocycles. The Morgan fingerprint density at radius 1 is 0.833 bits per heavy atom. The van der Waals surface area contributed by atoms with E-state index in [1.54, 1.807) is 15.6 Å². The molecular formula is C18H15N5O. The maximum atomic E-state index is 12.6. The van der Waals surface area contributed by atoms with Gasteiger partial charge in [0.25, 0.3) is 5.56 Å². The standard InChI is InChI=1S/C18H15N5O/c24-18-16-17(19-13-22(18)11-14-7-3-1-4-8-14)23(21-20-16)12-15-9-5-2-6-10-15/h1-10,13H,11-12H2. The molecule has 118 valence electrons. The quantitative estimate of drug-likeness (QED) is 0.578. The number of hydrogen-bond donors (Lipinski definition) is 0. The van der Waals surface area contributed by atoms with Crippen molar-refractivity contribution in [2.45, 2.75) is 13.1 Å². The van der Waals surface area contributed by atoms with Crippen molar-refractivity contribution in [3.05, 3.63) is 88.5 Å². The molecule has 0 saturated heterocycles. The first-order chi connectivity index (χ1) is 11.8. The van der Waals surface area contributed by atoms with E-state index in [0.717, 1.165) is 11.1 Å². The molecule has 0 bridgehead atoms. The second kappa shape index (κ2) is 6.08. The summed E-state index contributed by atoms with van der Waals surface area (Å²) in [6.07, 6.45) is 1.56. The fourth-order valence-electron chi connectivity index (χ4n) is 2.64. The lowest BCUT2D eigenvalue weighted by Gasteiger charge is -2.05. The molecule has 0 aliphatic carbocycles. The van der Waals surface area contributed by atoms with Gasteiger partial charge in [-0.1, -0.05) is 65.9 Å². The molecule has 0 aliphatic rings. The summed E-state index contributed by atoms with van der Waals surface area (Å²) in [6.45, 7) is 1.00. The molecule has 0 radical (unpaired) electrons. The highest BCUT2D eigenvalue weighted by atomic mass is 16.1. The number of rotatable bonds is 4. The van der Waals surface area contributed by atoms with E-state index in [-0.39, 0.29) is 5.56 Å². The van der Waals surface area contributed by atoms with E-state index in [0.29, 0.717) is 24.3 Å². The molecule has 2 heterocycles. The zero-order chi connectivity index (χ0) is 16.4. The first kappa shape index (κ1) is 14.3. The van der Waals surface area contributed by atoms with Crippen molar-refractivity contribution in [2.75, 3.05) is 0 Å². The van der Waals surface area contributed by atoms with Crippen LogP contribution in [0.2, 0.25) is 0 Å². The van der Waals surface area contributed by atoms with Crippen LogP contribution in [0, 0.1) is 0 Å². The van der Waals surface area contributed by atoms with E-state index >= 15 is 0 Å². The lowest BCUT2D eigenvalue weighted by Crippen LogP contribution is -2.21. The Balaban J connectivity index is 1.69. The fourth-order valence-corrected chi connectivity index (χ4v) is 2.64. The van der Waals surface area contributed by atoms with Crippen molar-refractivity contribution < 1.29 is 0 Å². The van der Waals surface area contributed by atoms with Crippen molar-refractivity contribution in [1.29, 1.82) is 0 Å². The lowest BCUT2D eigenvalue weighted by molar-refractivity contribution is 0.663. The first-order valence-electron chi connectivity index (χ1n) is 7.68. The summed E-state index contributed by atoms with van der Waals surface area (Å²) in [4.78, 5) is 17.0. The molecular weight excluding hydrogens is 302 g/mol. The third-order valence-electron chi connectivity index (χ3n) is 3.86. The minimum Gasteiger partial charge on any atom is -0.293 e. The van der Waals surface area contributed by atoms with Crippen LogP contribution in [-0.4, -0.2) is 24.5 Å². The van der Waals surface area contributed by atoms with Crippen molar-refractivity contribution in [2.24, 2.45) is 0 Å². The Morgan fingerprint density at radius 3 is 2.12 bits per heavy atom. The average molecular weight is 317 g/mol. The molecule has 4 rings (SSSR count). The van der Waals surface area contributed by atoms with Crippen LogP contribution in [0.1, 0.15) is 11.1 Å². The van der Waals surface area contributed by atoms with Gasteiger partial charge in [0.1, 0.15) is 6.33 Å².